The Morgan fingerprint density at radius 1 is 1.25 bits per heavy atom. The highest BCUT2D eigenvalue weighted by molar-refractivity contribution is 5.80. The summed E-state index contributed by atoms with van der Waals surface area (Å²) in [5, 5.41) is 8.57. The molecule has 0 spiro atoms. The van der Waals surface area contributed by atoms with E-state index in [2.05, 4.69) is 31.2 Å². The van der Waals surface area contributed by atoms with Gasteiger partial charge in [0.15, 0.2) is 0 Å². The lowest BCUT2D eigenvalue weighted by Gasteiger charge is -2.03. The Hall–Kier alpha value is -1.57. The fraction of sp³-hybridized carbons (Fsp3) is 0.357. The Morgan fingerprint density at radius 3 is 2.31 bits per heavy atom. The molecule has 0 radical (unpaired) electrons. The van der Waals surface area contributed by atoms with Crippen LogP contribution in [0.25, 0.3) is 0 Å². The van der Waals surface area contributed by atoms with Crippen molar-refractivity contribution in [2.24, 2.45) is 0 Å². The van der Waals surface area contributed by atoms with Crippen LogP contribution in [-0.4, -0.2) is 11.1 Å². The molecule has 0 atom stereocenters. The van der Waals surface area contributed by atoms with Crippen molar-refractivity contribution >= 4 is 5.97 Å². The zero-order chi connectivity index (χ0) is 12.0. The number of benzene rings is 1. The molecule has 1 rings (SSSR count). The molecule has 0 aliphatic carbocycles. The highest BCUT2D eigenvalue weighted by atomic mass is 16.4. The van der Waals surface area contributed by atoms with E-state index in [1.165, 1.54) is 17.2 Å². The van der Waals surface area contributed by atoms with E-state index in [0.29, 0.717) is 0 Å². The molecule has 1 aromatic rings. The van der Waals surface area contributed by atoms with Crippen LogP contribution in [0.15, 0.2) is 35.9 Å². The zero-order valence-corrected chi connectivity index (χ0v) is 9.86. The number of rotatable bonds is 5. The fourth-order valence-electron chi connectivity index (χ4n) is 1.57. The normalized spacial score (nSPS) is 11.5. The van der Waals surface area contributed by atoms with E-state index in [0.717, 1.165) is 24.8 Å². The second-order valence-corrected chi connectivity index (χ2v) is 4.00. The Morgan fingerprint density at radius 2 is 1.81 bits per heavy atom. The minimum absolute atomic E-state index is 0.803. The van der Waals surface area contributed by atoms with E-state index >= 15 is 0 Å². The summed E-state index contributed by atoms with van der Waals surface area (Å²) in [6.07, 6.45) is 4.04. The summed E-state index contributed by atoms with van der Waals surface area (Å²) in [6, 6.07) is 8.50. The summed E-state index contributed by atoms with van der Waals surface area (Å²) in [6.45, 7) is 3.99. The maximum Gasteiger partial charge on any atom is 0.328 e. The molecule has 0 aliphatic rings. The Kier molecular flexibility index (Phi) is 4.77. The summed E-state index contributed by atoms with van der Waals surface area (Å²) in [7, 11) is 0. The number of carboxylic acid groups (broad SMARTS) is 1. The molecular formula is C14H18O2. The van der Waals surface area contributed by atoms with Crippen molar-refractivity contribution in [3.8, 4) is 0 Å². The second-order valence-electron chi connectivity index (χ2n) is 4.00. The summed E-state index contributed by atoms with van der Waals surface area (Å²) < 4.78 is 0. The third kappa shape index (κ3) is 4.30. The number of carbonyl (C=O) groups is 1. The first-order chi connectivity index (χ1) is 7.61. The molecule has 16 heavy (non-hydrogen) atoms. The summed E-state index contributed by atoms with van der Waals surface area (Å²) >= 11 is 0. The van der Waals surface area contributed by atoms with Crippen molar-refractivity contribution < 1.29 is 9.90 Å². The second kappa shape index (κ2) is 6.11. The lowest BCUT2D eigenvalue weighted by atomic mass is 10.0. The number of hydrogen-bond acceptors (Lipinski definition) is 1. The van der Waals surface area contributed by atoms with Crippen LogP contribution in [0, 0.1) is 0 Å². The third-order valence-electron chi connectivity index (χ3n) is 2.61. The van der Waals surface area contributed by atoms with Crippen LogP contribution in [0.1, 0.15) is 31.4 Å². The van der Waals surface area contributed by atoms with E-state index < -0.39 is 5.97 Å². The number of allylic oxidation sites excluding steroid dienone is 1. The Balaban J connectivity index is 2.51. The molecular weight excluding hydrogens is 200 g/mol. The van der Waals surface area contributed by atoms with E-state index in [1.807, 2.05) is 6.92 Å². The molecule has 86 valence electrons. The van der Waals surface area contributed by atoms with Crippen LogP contribution in [0.4, 0.5) is 0 Å². The molecule has 1 aromatic carbocycles. The van der Waals surface area contributed by atoms with Gasteiger partial charge in [0.2, 0.25) is 0 Å². The van der Waals surface area contributed by atoms with Crippen LogP contribution in [0.2, 0.25) is 0 Å². The first kappa shape index (κ1) is 12.5. The van der Waals surface area contributed by atoms with Gasteiger partial charge in [0.05, 0.1) is 0 Å². The molecule has 2 heteroatoms. The fourth-order valence-corrected chi connectivity index (χ4v) is 1.57. The quantitative estimate of drug-likeness (QED) is 0.770. The lowest BCUT2D eigenvalue weighted by molar-refractivity contribution is -0.131. The first-order valence-corrected chi connectivity index (χ1v) is 5.59. The van der Waals surface area contributed by atoms with Gasteiger partial charge in [-0.25, -0.2) is 4.79 Å². The van der Waals surface area contributed by atoms with Gasteiger partial charge in [-0.1, -0.05) is 36.8 Å². The number of carboxylic acids is 1. The van der Waals surface area contributed by atoms with Gasteiger partial charge in [-0.15, -0.1) is 0 Å². The van der Waals surface area contributed by atoms with Crippen LogP contribution in [0.5, 0.6) is 0 Å². The standard InChI is InChI=1S/C14H18O2/c1-3-12-6-8-13(9-7-12)5-4-11(2)10-14(15)16/h6-10H,3-5H2,1-2H3,(H,15,16)/b11-10+. The molecule has 0 fully saturated rings. The topological polar surface area (TPSA) is 37.3 Å². The molecule has 2 nitrogen and oxygen atoms in total. The molecule has 0 saturated carbocycles. The molecule has 0 bridgehead atoms. The van der Waals surface area contributed by atoms with E-state index in [-0.39, 0.29) is 0 Å². The first-order valence-electron chi connectivity index (χ1n) is 5.59. The van der Waals surface area contributed by atoms with Crippen LogP contribution >= 0.6 is 0 Å². The molecule has 0 heterocycles. The van der Waals surface area contributed by atoms with E-state index in [4.69, 9.17) is 5.11 Å². The maximum atomic E-state index is 10.4. The Bertz CT molecular complexity index is 374. The average molecular weight is 218 g/mol. The van der Waals surface area contributed by atoms with Crippen molar-refractivity contribution in [2.45, 2.75) is 33.1 Å². The van der Waals surface area contributed by atoms with E-state index in [9.17, 15) is 4.79 Å². The summed E-state index contributed by atoms with van der Waals surface area (Å²) in [4.78, 5) is 10.4. The highest BCUT2D eigenvalue weighted by Crippen LogP contribution is 2.10. The summed E-state index contributed by atoms with van der Waals surface area (Å²) in [5.74, 6) is -0.862. The van der Waals surface area contributed by atoms with Crippen molar-refractivity contribution in [1.82, 2.24) is 0 Å². The Labute approximate surface area is 96.6 Å². The van der Waals surface area contributed by atoms with Gasteiger partial charge < -0.3 is 5.11 Å². The van der Waals surface area contributed by atoms with Crippen LogP contribution in [-0.2, 0) is 17.6 Å². The average Bonchev–Trinajstić information content (AvgIpc) is 2.26. The van der Waals surface area contributed by atoms with Gasteiger partial charge in [0.1, 0.15) is 0 Å². The van der Waals surface area contributed by atoms with Gasteiger partial charge in [-0.3, -0.25) is 0 Å². The minimum Gasteiger partial charge on any atom is -0.478 e. The van der Waals surface area contributed by atoms with Crippen molar-refractivity contribution in [3.63, 3.8) is 0 Å². The highest BCUT2D eigenvalue weighted by Gasteiger charge is 1.97. The molecule has 0 unspecified atom stereocenters. The molecule has 0 aromatic heterocycles. The smallest absolute Gasteiger partial charge is 0.328 e. The van der Waals surface area contributed by atoms with Gasteiger partial charge in [0, 0.05) is 6.08 Å². The van der Waals surface area contributed by atoms with Gasteiger partial charge >= 0.3 is 5.97 Å². The van der Waals surface area contributed by atoms with Crippen molar-refractivity contribution in [2.75, 3.05) is 0 Å². The summed E-state index contributed by atoms with van der Waals surface area (Å²) in [5.41, 5.74) is 3.50. The lowest BCUT2D eigenvalue weighted by Crippen LogP contribution is -1.92. The SMILES string of the molecule is CCc1ccc(CC/C(C)=C/C(=O)O)cc1. The molecule has 1 N–H and O–H groups in total. The predicted octanol–water partition coefficient (Wildman–Crippen LogP) is 3.21. The van der Waals surface area contributed by atoms with Crippen LogP contribution in [0.3, 0.4) is 0 Å². The largest absolute Gasteiger partial charge is 0.478 e. The van der Waals surface area contributed by atoms with Gasteiger partial charge in [-0.2, -0.15) is 0 Å². The molecule has 0 aliphatic heterocycles. The van der Waals surface area contributed by atoms with E-state index in [1.54, 1.807) is 0 Å². The van der Waals surface area contributed by atoms with Gasteiger partial charge in [-0.05, 0) is 37.3 Å². The monoisotopic (exact) mass is 218 g/mol. The number of aryl methyl sites for hydroxylation is 2. The molecule has 0 saturated heterocycles. The number of hydrogen-bond donors (Lipinski definition) is 1. The number of aliphatic carboxylic acids is 1. The van der Waals surface area contributed by atoms with Crippen molar-refractivity contribution in [1.29, 1.82) is 0 Å². The van der Waals surface area contributed by atoms with Crippen LogP contribution < -0.4 is 0 Å². The minimum atomic E-state index is -0.862. The molecule has 0 amide bonds. The predicted molar refractivity (Wildman–Crippen MR) is 65.5 cm³/mol. The van der Waals surface area contributed by atoms with Gasteiger partial charge in [0.25, 0.3) is 0 Å². The maximum absolute atomic E-state index is 10.4. The third-order valence-corrected chi connectivity index (χ3v) is 2.61. The zero-order valence-electron chi connectivity index (χ0n) is 9.86. The van der Waals surface area contributed by atoms with Crippen molar-refractivity contribution in [3.05, 3.63) is 47.0 Å².